The number of methoxy groups -OCH3 is 1. The minimum absolute atomic E-state index is 0.203. The summed E-state index contributed by atoms with van der Waals surface area (Å²) in [5, 5.41) is 0. The van der Waals surface area contributed by atoms with Crippen LogP contribution in [0.5, 0.6) is 0 Å². The van der Waals surface area contributed by atoms with Gasteiger partial charge in [0.25, 0.3) is 0 Å². The summed E-state index contributed by atoms with van der Waals surface area (Å²) in [6, 6.07) is 8.78. The lowest BCUT2D eigenvalue weighted by Gasteiger charge is -2.17. The van der Waals surface area contributed by atoms with Gasteiger partial charge >= 0.3 is 5.97 Å². The van der Waals surface area contributed by atoms with E-state index in [-0.39, 0.29) is 5.78 Å². The van der Waals surface area contributed by atoms with Crippen molar-refractivity contribution in [1.29, 1.82) is 0 Å². The zero-order valence-electron chi connectivity index (χ0n) is 10.3. The van der Waals surface area contributed by atoms with E-state index in [0.29, 0.717) is 12.1 Å². The molecule has 0 aliphatic carbocycles. The molecule has 1 aromatic carbocycles. The van der Waals surface area contributed by atoms with Gasteiger partial charge in [-0.25, -0.2) is 0 Å². The number of carbonyl (C=O) groups is 2. The molecular weight excluding hydrogens is 218 g/mol. The van der Waals surface area contributed by atoms with Crippen LogP contribution < -0.4 is 0 Å². The molecule has 1 unspecified atom stereocenters. The smallest absolute Gasteiger partial charge is 0.317 e. The molecular formula is C13H17NO3. The summed E-state index contributed by atoms with van der Waals surface area (Å²) in [6.45, 7) is 0.348. The third kappa shape index (κ3) is 3.67. The second-order valence-electron chi connectivity index (χ2n) is 4.07. The fourth-order valence-corrected chi connectivity index (χ4v) is 1.58. The minimum Gasteiger partial charge on any atom is -0.468 e. The predicted molar refractivity (Wildman–Crippen MR) is 64.8 cm³/mol. The molecule has 0 saturated heterocycles. The van der Waals surface area contributed by atoms with Gasteiger partial charge in [0.15, 0.2) is 5.78 Å². The van der Waals surface area contributed by atoms with Crippen molar-refractivity contribution in [3.8, 4) is 0 Å². The quantitative estimate of drug-likeness (QED) is 0.437. The van der Waals surface area contributed by atoms with Gasteiger partial charge in [-0.1, -0.05) is 30.3 Å². The molecule has 0 bridgehead atoms. The van der Waals surface area contributed by atoms with E-state index in [0.717, 1.165) is 0 Å². The van der Waals surface area contributed by atoms with Crippen LogP contribution in [0.25, 0.3) is 0 Å². The molecule has 0 aliphatic rings. The van der Waals surface area contributed by atoms with Crippen molar-refractivity contribution in [3.63, 3.8) is 0 Å². The van der Waals surface area contributed by atoms with Crippen molar-refractivity contribution >= 4 is 11.8 Å². The molecule has 0 radical (unpaired) electrons. The van der Waals surface area contributed by atoms with Crippen molar-refractivity contribution in [2.75, 3.05) is 27.7 Å². The number of ether oxygens (including phenoxy) is 1. The molecule has 0 heterocycles. The van der Waals surface area contributed by atoms with Gasteiger partial charge in [-0.3, -0.25) is 9.59 Å². The molecule has 0 aromatic heterocycles. The average molecular weight is 235 g/mol. The SMILES string of the molecule is COC(=O)C(CN(C)C)C(=O)c1ccccc1. The lowest BCUT2D eigenvalue weighted by molar-refractivity contribution is -0.144. The Morgan fingerprint density at radius 2 is 1.82 bits per heavy atom. The van der Waals surface area contributed by atoms with Gasteiger partial charge in [0, 0.05) is 12.1 Å². The summed E-state index contributed by atoms with van der Waals surface area (Å²) < 4.78 is 4.67. The first-order valence-electron chi connectivity index (χ1n) is 5.38. The van der Waals surface area contributed by atoms with Crippen LogP contribution in [-0.4, -0.2) is 44.4 Å². The first kappa shape index (κ1) is 13.4. The van der Waals surface area contributed by atoms with E-state index in [2.05, 4.69) is 4.74 Å². The highest BCUT2D eigenvalue weighted by atomic mass is 16.5. The molecule has 0 amide bonds. The van der Waals surface area contributed by atoms with Crippen molar-refractivity contribution in [1.82, 2.24) is 4.90 Å². The second-order valence-corrected chi connectivity index (χ2v) is 4.07. The van der Waals surface area contributed by atoms with Crippen molar-refractivity contribution in [2.24, 2.45) is 5.92 Å². The van der Waals surface area contributed by atoms with E-state index in [9.17, 15) is 9.59 Å². The minimum atomic E-state index is -0.766. The van der Waals surface area contributed by atoms with Gasteiger partial charge < -0.3 is 9.64 Å². The number of nitrogens with zero attached hydrogens (tertiary/aromatic N) is 1. The Morgan fingerprint density at radius 3 is 2.29 bits per heavy atom. The highest BCUT2D eigenvalue weighted by Gasteiger charge is 2.28. The van der Waals surface area contributed by atoms with Crippen LogP contribution in [0.15, 0.2) is 30.3 Å². The Labute approximate surface area is 101 Å². The Kier molecular flexibility index (Phi) is 4.84. The van der Waals surface area contributed by atoms with Crippen molar-refractivity contribution in [3.05, 3.63) is 35.9 Å². The number of hydrogen-bond acceptors (Lipinski definition) is 4. The number of rotatable bonds is 5. The molecule has 1 rings (SSSR count). The fraction of sp³-hybridized carbons (Fsp3) is 0.385. The molecule has 0 N–H and O–H groups in total. The van der Waals surface area contributed by atoms with Gasteiger partial charge in [0.05, 0.1) is 7.11 Å². The summed E-state index contributed by atoms with van der Waals surface area (Å²) in [4.78, 5) is 25.5. The third-order valence-corrected chi connectivity index (χ3v) is 2.41. The van der Waals surface area contributed by atoms with Crippen LogP contribution in [0.2, 0.25) is 0 Å². The van der Waals surface area contributed by atoms with Gasteiger partial charge in [-0.2, -0.15) is 0 Å². The van der Waals surface area contributed by atoms with Gasteiger partial charge in [-0.15, -0.1) is 0 Å². The van der Waals surface area contributed by atoms with E-state index >= 15 is 0 Å². The van der Waals surface area contributed by atoms with Crippen LogP contribution in [0.4, 0.5) is 0 Å². The number of Topliss-reactive ketones (excluding diaryl/α,β-unsaturated/α-hetero) is 1. The van der Waals surface area contributed by atoms with E-state index in [1.807, 2.05) is 20.2 Å². The first-order chi connectivity index (χ1) is 8.06. The lowest BCUT2D eigenvalue weighted by atomic mass is 9.97. The number of esters is 1. The van der Waals surface area contributed by atoms with Gasteiger partial charge in [-0.05, 0) is 14.1 Å². The Hall–Kier alpha value is -1.68. The molecule has 1 atom stereocenters. The zero-order chi connectivity index (χ0) is 12.8. The Bertz CT molecular complexity index is 387. The van der Waals surface area contributed by atoms with Crippen LogP contribution in [0.3, 0.4) is 0 Å². The van der Waals surface area contributed by atoms with Gasteiger partial charge in [0.1, 0.15) is 5.92 Å². The molecule has 17 heavy (non-hydrogen) atoms. The maximum atomic E-state index is 12.2. The standard InChI is InChI=1S/C13H17NO3/c1-14(2)9-11(13(16)17-3)12(15)10-7-5-4-6-8-10/h4-8,11H,9H2,1-3H3. The molecule has 0 saturated carbocycles. The fourth-order valence-electron chi connectivity index (χ4n) is 1.58. The average Bonchev–Trinajstić information content (AvgIpc) is 2.35. The topological polar surface area (TPSA) is 46.6 Å². The van der Waals surface area contributed by atoms with Crippen LogP contribution in [-0.2, 0) is 9.53 Å². The number of hydrogen-bond donors (Lipinski definition) is 0. The summed E-state index contributed by atoms with van der Waals surface area (Å²) in [6.07, 6.45) is 0. The summed E-state index contributed by atoms with van der Waals surface area (Å²) >= 11 is 0. The van der Waals surface area contributed by atoms with Crippen LogP contribution >= 0.6 is 0 Å². The highest BCUT2D eigenvalue weighted by molar-refractivity contribution is 6.08. The zero-order valence-corrected chi connectivity index (χ0v) is 10.3. The maximum absolute atomic E-state index is 12.2. The Balaban J connectivity index is 2.91. The molecule has 0 aliphatic heterocycles. The van der Waals surface area contributed by atoms with E-state index in [1.165, 1.54) is 7.11 Å². The number of ketones is 1. The largest absolute Gasteiger partial charge is 0.468 e. The van der Waals surface area contributed by atoms with Crippen LogP contribution in [0, 0.1) is 5.92 Å². The summed E-state index contributed by atoms with van der Waals surface area (Å²) in [5.74, 6) is -1.46. The monoisotopic (exact) mass is 235 g/mol. The molecule has 92 valence electrons. The van der Waals surface area contributed by atoms with Crippen molar-refractivity contribution in [2.45, 2.75) is 0 Å². The molecule has 0 spiro atoms. The van der Waals surface area contributed by atoms with E-state index in [1.54, 1.807) is 29.2 Å². The van der Waals surface area contributed by atoms with Crippen molar-refractivity contribution < 1.29 is 14.3 Å². The lowest BCUT2D eigenvalue weighted by Crippen LogP contribution is -2.34. The molecule has 1 aromatic rings. The molecule has 0 fully saturated rings. The summed E-state index contributed by atoms with van der Waals surface area (Å²) in [5.41, 5.74) is 0.532. The second kappa shape index (κ2) is 6.15. The normalized spacial score (nSPS) is 12.2. The van der Waals surface area contributed by atoms with E-state index in [4.69, 9.17) is 0 Å². The number of benzene rings is 1. The molecule has 4 nitrogen and oxygen atoms in total. The number of carbonyl (C=O) groups excluding carboxylic acids is 2. The summed E-state index contributed by atoms with van der Waals surface area (Å²) in [7, 11) is 4.92. The van der Waals surface area contributed by atoms with Gasteiger partial charge in [0.2, 0.25) is 0 Å². The molecule has 4 heteroatoms. The highest BCUT2D eigenvalue weighted by Crippen LogP contribution is 2.11. The first-order valence-corrected chi connectivity index (χ1v) is 5.38. The van der Waals surface area contributed by atoms with Crippen LogP contribution in [0.1, 0.15) is 10.4 Å². The van der Waals surface area contributed by atoms with E-state index < -0.39 is 11.9 Å². The third-order valence-electron chi connectivity index (χ3n) is 2.41. The maximum Gasteiger partial charge on any atom is 0.317 e. The predicted octanol–water partition coefficient (Wildman–Crippen LogP) is 1.22. The Morgan fingerprint density at radius 1 is 1.24 bits per heavy atom.